The van der Waals surface area contributed by atoms with E-state index in [1.165, 1.54) is 12.1 Å². The van der Waals surface area contributed by atoms with Gasteiger partial charge in [0, 0.05) is 16.6 Å². The Kier molecular flexibility index (Phi) is 8.87. The first kappa shape index (κ1) is 24.7. The number of aryl methyl sites for hydroxylation is 1. The van der Waals surface area contributed by atoms with Crippen LogP contribution in [0.3, 0.4) is 0 Å². The van der Waals surface area contributed by atoms with Gasteiger partial charge in [-0.15, -0.1) is 0 Å². The Labute approximate surface area is 187 Å². The Bertz CT molecular complexity index is 893. The first-order chi connectivity index (χ1) is 14.6. The zero-order valence-electron chi connectivity index (χ0n) is 18.3. The van der Waals surface area contributed by atoms with E-state index in [-0.39, 0.29) is 24.8 Å². The Morgan fingerprint density at radius 1 is 1.13 bits per heavy atom. The van der Waals surface area contributed by atoms with Gasteiger partial charge in [-0.25, -0.2) is 9.18 Å². The number of halogens is 2. The normalized spacial score (nSPS) is 12.2. The summed E-state index contributed by atoms with van der Waals surface area (Å²) in [6, 6.07) is 11.4. The van der Waals surface area contributed by atoms with Gasteiger partial charge in [-0.3, -0.25) is 4.79 Å². The highest BCUT2D eigenvalue weighted by Gasteiger charge is 2.22. The molecule has 1 N–H and O–H groups in total. The van der Waals surface area contributed by atoms with Gasteiger partial charge in [-0.2, -0.15) is 0 Å². The van der Waals surface area contributed by atoms with Crippen LogP contribution in [0, 0.1) is 5.82 Å². The van der Waals surface area contributed by atoms with Gasteiger partial charge in [0.25, 0.3) is 0 Å². The van der Waals surface area contributed by atoms with Crippen LogP contribution in [-0.4, -0.2) is 30.3 Å². The summed E-state index contributed by atoms with van der Waals surface area (Å²) in [5.41, 5.74) is 1.51. The van der Waals surface area contributed by atoms with Crippen molar-refractivity contribution in [3.8, 4) is 11.1 Å². The Morgan fingerprint density at radius 3 is 2.42 bits per heavy atom. The number of benzene rings is 2. The molecular weight excluding hydrogens is 421 g/mol. The quantitative estimate of drug-likeness (QED) is 0.507. The molecule has 0 aliphatic heterocycles. The molecule has 2 aromatic rings. The van der Waals surface area contributed by atoms with E-state index in [4.69, 9.17) is 21.1 Å². The molecule has 0 aromatic heterocycles. The standard InChI is InChI=1S/C24H29ClFNO4/c1-5-30-22(28)15-19(27-23(29)31-24(2,3)4)12-8-16-6-9-17(10-7-16)20-14-18(25)11-13-21(20)26/h6-7,9-11,13-14,19H,5,8,12,15H2,1-4H3,(H,27,29)/t19-/m1/s1. The second-order valence-corrected chi connectivity index (χ2v) is 8.65. The van der Waals surface area contributed by atoms with Gasteiger partial charge in [0.05, 0.1) is 13.0 Å². The summed E-state index contributed by atoms with van der Waals surface area (Å²) in [4.78, 5) is 24.1. The minimum Gasteiger partial charge on any atom is -0.466 e. The summed E-state index contributed by atoms with van der Waals surface area (Å²) in [7, 11) is 0. The molecule has 7 heteroatoms. The molecule has 31 heavy (non-hydrogen) atoms. The van der Waals surface area contributed by atoms with Crippen molar-refractivity contribution in [1.82, 2.24) is 5.32 Å². The lowest BCUT2D eigenvalue weighted by molar-refractivity contribution is -0.143. The maximum absolute atomic E-state index is 14.1. The van der Waals surface area contributed by atoms with E-state index in [0.29, 0.717) is 23.4 Å². The number of esters is 1. The number of ether oxygens (including phenoxy) is 2. The van der Waals surface area contributed by atoms with Crippen LogP contribution in [0.5, 0.6) is 0 Å². The van der Waals surface area contributed by atoms with Crippen LogP contribution in [0.1, 0.15) is 46.1 Å². The number of carbonyl (C=O) groups excluding carboxylic acids is 2. The molecule has 0 aliphatic rings. The molecule has 168 valence electrons. The van der Waals surface area contributed by atoms with E-state index in [1.807, 2.05) is 24.3 Å². The molecule has 0 bridgehead atoms. The molecule has 0 radical (unpaired) electrons. The number of hydrogen-bond donors (Lipinski definition) is 1. The van der Waals surface area contributed by atoms with Gasteiger partial charge in [0.1, 0.15) is 11.4 Å². The third-order valence-electron chi connectivity index (χ3n) is 4.41. The van der Waals surface area contributed by atoms with Crippen LogP contribution in [-0.2, 0) is 20.7 Å². The monoisotopic (exact) mass is 449 g/mol. The average Bonchev–Trinajstić information content (AvgIpc) is 2.67. The van der Waals surface area contributed by atoms with Crippen LogP contribution >= 0.6 is 11.6 Å². The fourth-order valence-corrected chi connectivity index (χ4v) is 3.20. The van der Waals surface area contributed by atoms with Gasteiger partial charge < -0.3 is 14.8 Å². The van der Waals surface area contributed by atoms with Crippen molar-refractivity contribution >= 4 is 23.7 Å². The number of carbonyl (C=O) groups is 2. The Hall–Kier alpha value is -2.60. The molecule has 0 spiro atoms. The maximum Gasteiger partial charge on any atom is 0.407 e. The predicted octanol–water partition coefficient (Wildman–Crippen LogP) is 5.93. The molecule has 0 aliphatic carbocycles. The number of amides is 1. The summed E-state index contributed by atoms with van der Waals surface area (Å²) in [6.45, 7) is 7.34. The summed E-state index contributed by atoms with van der Waals surface area (Å²) < 4.78 is 24.4. The second-order valence-electron chi connectivity index (χ2n) is 8.21. The molecule has 0 saturated heterocycles. The van der Waals surface area contributed by atoms with Crippen LogP contribution < -0.4 is 5.32 Å². The van der Waals surface area contributed by atoms with Crippen LogP contribution in [0.15, 0.2) is 42.5 Å². The predicted molar refractivity (Wildman–Crippen MR) is 120 cm³/mol. The molecule has 2 aromatic carbocycles. The van der Waals surface area contributed by atoms with Crippen LogP contribution in [0.2, 0.25) is 5.02 Å². The topological polar surface area (TPSA) is 64.6 Å². The van der Waals surface area contributed by atoms with Crippen molar-refractivity contribution in [2.75, 3.05) is 6.61 Å². The molecule has 5 nitrogen and oxygen atoms in total. The SMILES string of the molecule is CCOC(=O)C[C@@H](CCc1ccc(-c2cc(Cl)ccc2F)cc1)NC(=O)OC(C)(C)C. The van der Waals surface area contributed by atoms with Gasteiger partial charge in [-0.05, 0) is 69.9 Å². The Balaban J connectivity index is 2.04. The zero-order valence-corrected chi connectivity index (χ0v) is 19.1. The highest BCUT2D eigenvalue weighted by Crippen LogP contribution is 2.26. The molecular formula is C24H29ClFNO4. The molecule has 0 saturated carbocycles. The van der Waals surface area contributed by atoms with E-state index in [2.05, 4.69) is 5.32 Å². The highest BCUT2D eigenvalue weighted by molar-refractivity contribution is 6.30. The van der Waals surface area contributed by atoms with Crippen molar-refractivity contribution < 1.29 is 23.5 Å². The second kappa shape index (κ2) is 11.1. The summed E-state index contributed by atoms with van der Waals surface area (Å²) >= 11 is 5.98. The first-order valence-corrected chi connectivity index (χ1v) is 10.6. The fraction of sp³-hybridized carbons (Fsp3) is 0.417. The smallest absolute Gasteiger partial charge is 0.407 e. The van der Waals surface area contributed by atoms with Crippen molar-refractivity contribution in [2.45, 2.75) is 58.6 Å². The lowest BCUT2D eigenvalue weighted by Gasteiger charge is -2.23. The van der Waals surface area contributed by atoms with E-state index < -0.39 is 17.7 Å². The third-order valence-corrected chi connectivity index (χ3v) is 4.65. The van der Waals surface area contributed by atoms with E-state index in [9.17, 15) is 14.0 Å². The minimum absolute atomic E-state index is 0.0545. The van der Waals surface area contributed by atoms with Crippen molar-refractivity contribution in [1.29, 1.82) is 0 Å². The number of alkyl carbamates (subject to hydrolysis) is 1. The Morgan fingerprint density at radius 2 is 1.81 bits per heavy atom. The fourth-order valence-electron chi connectivity index (χ4n) is 3.03. The number of nitrogens with one attached hydrogen (secondary N) is 1. The molecule has 0 unspecified atom stereocenters. The van der Waals surface area contributed by atoms with Crippen molar-refractivity contribution in [3.05, 3.63) is 58.9 Å². The molecule has 2 rings (SSSR count). The van der Waals surface area contributed by atoms with E-state index >= 15 is 0 Å². The van der Waals surface area contributed by atoms with Gasteiger partial charge in [-0.1, -0.05) is 35.9 Å². The highest BCUT2D eigenvalue weighted by atomic mass is 35.5. The average molecular weight is 450 g/mol. The minimum atomic E-state index is -0.635. The molecule has 1 atom stereocenters. The summed E-state index contributed by atoms with van der Waals surface area (Å²) in [5.74, 6) is -0.719. The summed E-state index contributed by atoms with van der Waals surface area (Å²) in [5, 5.41) is 3.23. The van der Waals surface area contributed by atoms with Gasteiger partial charge in [0.15, 0.2) is 0 Å². The van der Waals surface area contributed by atoms with Crippen LogP contribution in [0.25, 0.3) is 11.1 Å². The third kappa shape index (κ3) is 8.58. The van der Waals surface area contributed by atoms with Gasteiger partial charge >= 0.3 is 12.1 Å². The van der Waals surface area contributed by atoms with Gasteiger partial charge in [0.2, 0.25) is 0 Å². The van der Waals surface area contributed by atoms with E-state index in [1.54, 1.807) is 33.8 Å². The molecule has 0 fully saturated rings. The number of hydrogen-bond acceptors (Lipinski definition) is 4. The lowest BCUT2D eigenvalue weighted by Crippen LogP contribution is -2.40. The largest absolute Gasteiger partial charge is 0.466 e. The maximum atomic E-state index is 14.1. The van der Waals surface area contributed by atoms with E-state index in [0.717, 1.165) is 11.1 Å². The van der Waals surface area contributed by atoms with Crippen molar-refractivity contribution in [2.24, 2.45) is 0 Å². The molecule has 1 amide bonds. The van der Waals surface area contributed by atoms with Crippen LogP contribution in [0.4, 0.5) is 9.18 Å². The molecule has 0 heterocycles. The zero-order chi connectivity index (χ0) is 23.0. The number of rotatable bonds is 8. The first-order valence-electron chi connectivity index (χ1n) is 10.3. The lowest BCUT2D eigenvalue weighted by atomic mass is 9.99. The van der Waals surface area contributed by atoms with Crippen molar-refractivity contribution in [3.63, 3.8) is 0 Å². The summed E-state index contributed by atoms with van der Waals surface area (Å²) in [6.07, 6.45) is 0.605.